The Morgan fingerprint density at radius 1 is 1.26 bits per heavy atom. The Morgan fingerprint density at radius 3 is 2.89 bits per heavy atom. The summed E-state index contributed by atoms with van der Waals surface area (Å²) in [5.74, 6) is 0.873. The number of carbonyl (C=O) groups is 1. The van der Waals surface area contributed by atoms with Gasteiger partial charge in [0.15, 0.2) is 11.6 Å². The van der Waals surface area contributed by atoms with E-state index in [2.05, 4.69) is 26.0 Å². The number of nitrogen functional groups attached to an aromatic ring is 1. The number of nitrogens with two attached hydrogens (primary N) is 1. The third-order valence-corrected chi connectivity index (χ3v) is 7.83. The summed E-state index contributed by atoms with van der Waals surface area (Å²) in [4.78, 5) is 23.3. The number of aryl methyl sites for hydroxylation is 1. The summed E-state index contributed by atoms with van der Waals surface area (Å²) in [6.45, 7) is 4.35. The van der Waals surface area contributed by atoms with Crippen molar-refractivity contribution in [3.05, 3.63) is 54.1 Å². The molecule has 5 heterocycles. The van der Waals surface area contributed by atoms with Gasteiger partial charge in [-0.3, -0.25) is 9.67 Å². The number of carbonyl (C=O) groups excluding carboxylic acids is 1. The van der Waals surface area contributed by atoms with Crippen LogP contribution >= 0.6 is 0 Å². The van der Waals surface area contributed by atoms with Crippen LogP contribution in [0.25, 0.3) is 11.3 Å². The maximum absolute atomic E-state index is 12.7. The standard InChI is InChI=1S/C26H31N7O2/c1-17(18-4-3-9-28-14-18)35-22-12-19(15-29-24(22)27)21-13-23-26(8-11-33(23)31-21)7-10-32(16-26)25(34)30-20-5-2-6-20/h3-4,9,12-15,17,20H,2,5-8,10-11,16H2,1H3,(H2,27,29)(H,30,34)/t17-,26-/m1/s1. The molecule has 1 saturated carbocycles. The van der Waals surface area contributed by atoms with Crippen LogP contribution in [0.5, 0.6) is 5.75 Å². The first-order valence-corrected chi connectivity index (χ1v) is 12.5. The number of amides is 2. The molecule has 2 amide bonds. The lowest BCUT2D eigenvalue weighted by Crippen LogP contribution is -2.47. The zero-order valence-electron chi connectivity index (χ0n) is 20.0. The van der Waals surface area contributed by atoms with Gasteiger partial charge in [0, 0.05) is 66.5 Å². The predicted molar refractivity (Wildman–Crippen MR) is 132 cm³/mol. The molecule has 182 valence electrons. The average Bonchev–Trinajstić information content (AvgIpc) is 3.55. The number of pyridine rings is 2. The van der Waals surface area contributed by atoms with Gasteiger partial charge in [-0.2, -0.15) is 5.10 Å². The van der Waals surface area contributed by atoms with Crippen LogP contribution in [0, 0.1) is 0 Å². The lowest BCUT2D eigenvalue weighted by atomic mass is 9.82. The highest BCUT2D eigenvalue weighted by Gasteiger charge is 2.47. The lowest BCUT2D eigenvalue weighted by molar-refractivity contribution is 0.193. The van der Waals surface area contributed by atoms with Crippen molar-refractivity contribution in [2.45, 2.75) is 63.1 Å². The monoisotopic (exact) mass is 473 g/mol. The van der Waals surface area contributed by atoms with Gasteiger partial charge in [0.05, 0.1) is 5.69 Å². The topological polar surface area (TPSA) is 111 Å². The van der Waals surface area contributed by atoms with Gasteiger partial charge < -0.3 is 20.7 Å². The molecule has 6 rings (SSSR count). The molecule has 1 aliphatic carbocycles. The van der Waals surface area contributed by atoms with Crippen molar-refractivity contribution in [2.75, 3.05) is 18.8 Å². The largest absolute Gasteiger partial charge is 0.482 e. The quantitative estimate of drug-likeness (QED) is 0.585. The van der Waals surface area contributed by atoms with E-state index >= 15 is 0 Å². The highest BCUT2D eigenvalue weighted by atomic mass is 16.5. The second kappa shape index (κ2) is 8.55. The van der Waals surface area contributed by atoms with Crippen molar-refractivity contribution in [2.24, 2.45) is 0 Å². The van der Waals surface area contributed by atoms with Gasteiger partial charge in [0.1, 0.15) is 6.10 Å². The van der Waals surface area contributed by atoms with Crippen LogP contribution in [0.3, 0.4) is 0 Å². The predicted octanol–water partition coefficient (Wildman–Crippen LogP) is 3.67. The second-order valence-electron chi connectivity index (χ2n) is 10.1. The molecule has 2 fully saturated rings. The van der Waals surface area contributed by atoms with Crippen LogP contribution in [0.1, 0.15) is 56.4 Å². The number of fused-ring (bicyclic) bond motifs is 2. The fourth-order valence-corrected chi connectivity index (χ4v) is 5.45. The van der Waals surface area contributed by atoms with Crippen LogP contribution in [0.2, 0.25) is 0 Å². The van der Waals surface area contributed by atoms with Crippen LogP contribution in [-0.2, 0) is 12.0 Å². The van der Waals surface area contributed by atoms with Crippen LogP contribution in [-0.4, -0.2) is 49.8 Å². The molecule has 0 aromatic carbocycles. The first-order chi connectivity index (χ1) is 17.0. The fourth-order valence-electron chi connectivity index (χ4n) is 5.45. The van der Waals surface area contributed by atoms with Crippen molar-refractivity contribution in [1.29, 1.82) is 0 Å². The number of anilines is 1. The van der Waals surface area contributed by atoms with Crippen LogP contribution in [0.15, 0.2) is 42.9 Å². The number of rotatable bonds is 5. The zero-order chi connectivity index (χ0) is 24.0. The summed E-state index contributed by atoms with van der Waals surface area (Å²) in [6, 6.07) is 8.36. The third-order valence-electron chi connectivity index (χ3n) is 7.83. The smallest absolute Gasteiger partial charge is 0.317 e. The molecule has 2 aliphatic heterocycles. The van der Waals surface area contributed by atoms with E-state index in [1.165, 1.54) is 12.1 Å². The van der Waals surface area contributed by atoms with Crippen molar-refractivity contribution in [3.63, 3.8) is 0 Å². The van der Waals surface area contributed by atoms with Gasteiger partial charge in [-0.05, 0) is 57.2 Å². The molecule has 3 N–H and O–H groups in total. The average molecular weight is 474 g/mol. The molecule has 0 unspecified atom stereocenters. The summed E-state index contributed by atoms with van der Waals surface area (Å²) in [5, 5.41) is 8.07. The van der Waals surface area contributed by atoms with E-state index in [0.29, 0.717) is 17.6 Å². The third kappa shape index (κ3) is 3.98. The molecule has 3 aliphatic rings. The number of hydrogen-bond acceptors (Lipinski definition) is 6. The van der Waals surface area contributed by atoms with E-state index in [4.69, 9.17) is 15.6 Å². The van der Waals surface area contributed by atoms with Gasteiger partial charge in [0.2, 0.25) is 0 Å². The second-order valence-corrected chi connectivity index (χ2v) is 10.1. The number of aromatic nitrogens is 4. The Balaban J connectivity index is 1.21. The maximum Gasteiger partial charge on any atom is 0.317 e. The Morgan fingerprint density at radius 2 is 2.11 bits per heavy atom. The molecule has 3 aromatic rings. The molecule has 9 nitrogen and oxygen atoms in total. The van der Waals surface area contributed by atoms with Gasteiger partial charge in [-0.1, -0.05) is 6.07 Å². The first kappa shape index (κ1) is 21.9. The maximum atomic E-state index is 12.7. The minimum atomic E-state index is -0.214. The molecular weight excluding hydrogens is 442 g/mol. The van der Waals surface area contributed by atoms with Gasteiger partial charge in [-0.25, -0.2) is 9.78 Å². The minimum Gasteiger partial charge on any atom is -0.482 e. The summed E-state index contributed by atoms with van der Waals surface area (Å²) in [5.41, 5.74) is 9.98. The normalized spacial score (nSPS) is 22.1. The van der Waals surface area contributed by atoms with E-state index in [-0.39, 0.29) is 17.6 Å². The Hall–Kier alpha value is -3.62. The number of nitrogens with zero attached hydrogens (tertiary/aromatic N) is 5. The number of hydrogen-bond donors (Lipinski definition) is 2. The molecule has 1 spiro atoms. The minimum absolute atomic E-state index is 0.0302. The summed E-state index contributed by atoms with van der Waals surface area (Å²) < 4.78 is 8.23. The number of likely N-dealkylation sites (tertiary alicyclic amines) is 1. The van der Waals surface area contributed by atoms with Crippen molar-refractivity contribution >= 4 is 11.8 Å². The van der Waals surface area contributed by atoms with Crippen molar-refractivity contribution < 1.29 is 9.53 Å². The summed E-state index contributed by atoms with van der Waals surface area (Å²) >= 11 is 0. The van der Waals surface area contributed by atoms with Gasteiger partial charge in [0.25, 0.3) is 0 Å². The lowest BCUT2D eigenvalue weighted by Gasteiger charge is -2.30. The fraction of sp³-hybridized carbons (Fsp3) is 0.462. The summed E-state index contributed by atoms with van der Waals surface area (Å²) in [7, 11) is 0. The zero-order valence-corrected chi connectivity index (χ0v) is 20.0. The number of urea groups is 1. The number of nitrogens with one attached hydrogen (secondary N) is 1. The molecule has 2 atom stereocenters. The van der Waals surface area contributed by atoms with Gasteiger partial charge >= 0.3 is 6.03 Å². The van der Waals surface area contributed by atoms with Crippen LogP contribution < -0.4 is 15.8 Å². The SMILES string of the molecule is C[C@@H](Oc1cc(-c2cc3n(n2)CC[C@@]32CCN(C(=O)NC3CCC3)C2)cnc1N)c1cccnc1. The molecule has 9 heteroatoms. The molecule has 0 radical (unpaired) electrons. The van der Waals surface area contributed by atoms with Gasteiger partial charge in [-0.15, -0.1) is 0 Å². The molecule has 1 saturated heterocycles. The molecule has 0 bridgehead atoms. The highest BCUT2D eigenvalue weighted by Crippen LogP contribution is 2.44. The van der Waals surface area contributed by atoms with E-state index in [9.17, 15) is 4.79 Å². The molecule has 35 heavy (non-hydrogen) atoms. The van der Waals surface area contributed by atoms with E-state index in [1.807, 2.05) is 30.0 Å². The molecular formula is C26H31N7O2. The van der Waals surface area contributed by atoms with Crippen LogP contribution in [0.4, 0.5) is 10.6 Å². The van der Waals surface area contributed by atoms with E-state index in [0.717, 1.165) is 62.1 Å². The van der Waals surface area contributed by atoms with Crippen molar-refractivity contribution in [3.8, 4) is 17.0 Å². The van der Waals surface area contributed by atoms with E-state index in [1.54, 1.807) is 18.6 Å². The summed E-state index contributed by atoms with van der Waals surface area (Å²) in [6.07, 6.45) is 10.4. The first-order valence-electron chi connectivity index (χ1n) is 12.5. The Labute approximate surface area is 204 Å². The Bertz CT molecular complexity index is 1240. The number of ether oxygens (including phenoxy) is 1. The molecule has 3 aromatic heterocycles. The Kier molecular flexibility index (Phi) is 5.35. The highest BCUT2D eigenvalue weighted by molar-refractivity contribution is 5.75. The van der Waals surface area contributed by atoms with Crippen molar-refractivity contribution in [1.82, 2.24) is 30.0 Å². The van der Waals surface area contributed by atoms with E-state index < -0.39 is 0 Å².